The number of ether oxygens (including phenoxy) is 1. The predicted molar refractivity (Wildman–Crippen MR) is 130 cm³/mol. The molecule has 0 bridgehead atoms. The number of nitrogens with one attached hydrogen (secondary N) is 1. The molecule has 2 aromatic rings. The van der Waals surface area contributed by atoms with Crippen molar-refractivity contribution >= 4 is 23.7 Å². The lowest BCUT2D eigenvalue weighted by molar-refractivity contribution is -0.143. The molecular formula is C26H31N5O4. The number of hydrogen-bond donors (Lipinski definition) is 1. The molecule has 3 heterocycles. The van der Waals surface area contributed by atoms with E-state index >= 15 is 0 Å². The molecule has 3 unspecified atom stereocenters. The molecule has 4 amide bonds. The Labute approximate surface area is 205 Å². The molecule has 3 fully saturated rings. The average molecular weight is 478 g/mol. The van der Waals surface area contributed by atoms with E-state index in [2.05, 4.69) is 15.2 Å². The number of carbonyl (C=O) groups is 3. The number of aromatic nitrogens is 1. The summed E-state index contributed by atoms with van der Waals surface area (Å²) in [5.74, 6) is 1.19. The van der Waals surface area contributed by atoms with E-state index in [1.807, 2.05) is 47.4 Å². The van der Waals surface area contributed by atoms with Crippen LogP contribution in [0.15, 0.2) is 48.7 Å². The Morgan fingerprint density at radius 1 is 1.06 bits per heavy atom. The topological polar surface area (TPSA) is 95.1 Å². The Bertz CT molecular complexity index is 1070. The summed E-state index contributed by atoms with van der Waals surface area (Å²) >= 11 is 0. The molecule has 0 spiro atoms. The van der Waals surface area contributed by atoms with Crippen LogP contribution in [0.1, 0.15) is 24.8 Å². The Morgan fingerprint density at radius 2 is 1.83 bits per heavy atom. The van der Waals surface area contributed by atoms with Crippen LogP contribution in [0.4, 0.5) is 10.6 Å². The van der Waals surface area contributed by atoms with Gasteiger partial charge >= 0.3 is 6.03 Å². The lowest BCUT2D eigenvalue weighted by Crippen LogP contribution is -2.62. The van der Waals surface area contributed by atoms with Gasteiger partial charge in [-0.2, -0.15) is 0 Å². The zero-order valence-electron chi connectivity index (χ0n) is 19.9. The van der Waals surface area contributed by atoms with E-state index in [1.165, 1.54) is 4.90 Å². The summed E-state index contributed by atoms with van der Waals surface area (Å²) in [5.41, 5.74) is 0.862. The summed E-state index contributed by atoms with van der Waals surface area (Å²) in [6.07, 6.45) is 3.56. The Hall–Kier alpha value is -3.62. The third-order valence-electron chi connectivity index (χ3n) is 7.40. The normalized spacial score (nSPS) is 24.6. The van der Waals surface area contributed by atoms with E-state index in [0.29, 0.717) is 32.4 Å². The van der Waals surface area contributed by atoms with Gasteiger partial charge in [-0.1, -0.05) is 18.2 Å². The van der Waals surface area contributed by atoms with Gasteiger partial charge in [-0.15, -0.1) is 0 Å². The number of benzene rings is 1. The largest absolute Gasteiger partial charge is 0.497 e. The molecule has 1 aromatic heterocycles. The molecule has 9 nitrogen and oxygen atoms in total. The van der Waals surface area contributed by atoms with Crippen molar-refractivity contribution in [3.05, 3.63) is 54.2 Å². The number of hydrogen-bond acceptors (Lipinski definition) is 6. The monoisotopic (exact) mass is 477 g/mol. The van der Waals surface area contributed by atoms with Crippen molar-refractivity contribution in [2.75, 3.05) is 38.2 Å². The van der Waals surface area contributed by atoms with E-state index in [0.717, 1.165) is 30.2 Å². The first-order valence-corrected chi connectivity index (χ1v) is 12.2. The summed E-state index contributed by atoms with van der Waals surface area (Å²) in [7, 11) is 1.60. The lowest BCUT2D eigenvalue weighted by Gasteiger charge is -2.43. The number of carbonyl (C=O) groups excluding carboxylic acids is 3. The lowest BCUT2D eigenvalue weighted by atomic mass is 9.76. The molecule has 1 aliphatic carbocycles. The molecular weight excluding hydrogens is 446 g/mol. The number of methoxy groups -OCH3 is 1. The second-order valence-corrected chi connectivity index (χ2v) is 9.45. The van der Waals surface area contributed by atoms with Crippen LogP contribution in [-0.2, 0) is 16.1 Å². The molecule has 5 rings (SSSR count). The number of rotatable bonds is 5. The predicted octanol–water partition coefficient (Wildman–Crippen LogP) is 2.28. The highest BCUT2D eigenvalue weighted by molar-refractivity contribution is 5.99. The second kappa shape index (κ2) is 9.93. The summed E-state index contributed by atoms with van der Waals surface area (Å²) < 4.78 is 5.17. The van der Waals surface area contributed by atoms with Crippen LogP contribution in [0, 0.1) is 11.8 Å². The Kier molecular flexibility index (Phi) is 6.57. The molecule has 9 heteroatoms. The van der Waals surface area contributed by atoms with Gasteiger partial charge < -0.3 is 19.9 Å². The minimum atomic E-state index is -0.385. The van der Waals surface area contributed by atoms with Crippen molar-refractivity contribution < 1.29 is 19.1 Å². The highest BCUT2D eigenvalue weighted by Crippen LogP contribution is 2.34. The summed E-state index contributed by atoms with van der Waals surface area (Å²) in [5, 5.41) is 3.01. The highest BCUT2D eigenvalue weighted by atomic mass is 16.5. The first-order chi connectivity index (χ1) is 17.0. The number of pyridine rings is 1. The molecule has 1 aromatic carbocycles. The average Bonchev–Trinajstić information content (AvgIpc) is 2.91. The fourth-order valence-electron chi connectivity index (χ4n) is 5.40. The van der Waals surface area contributed by atoms with Gasteiger partial charge in [-0.3, -0.25) is 14.5 Å². The zero-order valence-corrected chi connectivity index (χ0v) is 19.9. The third-order valence-corrected chi connectivity index (χ3v) is 7.40. The number of imide groups is 1. The van der Waals surface area contributed by atoms with E-state index < -0.39 is 0 Å². The quantitative estimate of drug-likeness (QED) is 0.710. The van der Waals surface area contributed by atoms with Gasteiger partial charge in [0.25, 0.3) is 0 Å². The van der Waals surface area contributed by atoms with Crippen molar-refractivity contribution in [3.63, 3.8) is 0 Å². The molecule has 3 aliphatic rings. The minimum Gasteiger partial charge on any atom is -0.497 e. The van der Waals surface area contributed by atoms with Gasteiger partial charge in [0.05, 0.1) is 19.6 Å². The van der Waals surface area contributed by atoms with Crippen LogP contribution < -0.4 is 15.0 Å². The van der Waals surface area contributed by atoms with Gasteiger partial charge in [-0.25, -0.2) is 9.78 Å². The maximum atomic E-state index is 13.3. The molecule has 184 valence electrons. The van der Waals surface area contributed by atoms with E-state index in [-0.39, 0.29) is 42.3 Å². The van der Waals surface area contributed by atoms with Gasteiger partial charge in [0.15, 0.2) is 0 Å². The number of nitrogens with zero attached hydrogens (tertiary/aromatic N) is 4. The molecule has 2 aliphatic heterocycles. The minimum absolute atomic E-state index is 0.131. The van der Waals surface area contributed by atoms with Crippen LogP contribution in [0.3, 0.4) is 0 Å². The summed E-state index contributed by atoms with van der Waals surface area (Å²) in [6, 6.07) is 12.5. The molecule has 35 heavy (non-hydrogen) atoms. The fourth-order valence-corrected chi connectivity index (χ4v) is 5.40. The Balaban J connectivity index is 1.17. The van der Waals surface area contributed by atoms with Crippen LogP contribution in [-0.4, -0.2) is 72.0 Å². The maximum absolute atomic E-state index is 13.3. The highest BCUT2D eigenvalue weighted by Gasteiger charge is 2.46. The van der Waals surface area contributed by atoms with Crippen molar-refractivity contribution in [3.8, 4) is 5.75 Å². The van der Waals surface area contributed by atoms with Crippen LogP contribution in [0.25, 0.3) is 0 Å². The third kappa shape index (κ3) is 4.80. The molecule has 0 radical (unpaired) electrons. The fraction of sp³-hybridized carbons (Fsp3) is 0.462. The first-order valence-electron chi connectivity index (χ1n) is 12.2. The van der Waals surface area contributed by atoms with Crippen LogP contribution >= 0.6 is 0 Å². The number of urea groups is 1. The van der Waals surface area contributed by atoms with Crippen molar-refractivity contribution in [2.24, 2.45) is 11.8 Å². The summed E-state index contributed by atoms with van der Waals surface area (Å²) in [4.78, 5) is 49.1. The van der Waals surface area contributed by atoms with Gasteiger partial charge in [0.1, 0.15) is 11.6 Å². The van der Waals surface area contributed by atoms with Crippen LogP contribution in [0.5, 0.6) is 5.75 Å². The van der Waals surface area contributed by atoms with E-state index in [9.17, 15) is 14.4 Å². The van der Waals surface area contributed by atoms with Crippen molar-refractivity contribution in [2.45, 2.75) is 31.8 Å². The Morgan fingerprint density at radius 3 is 2.51 bits per heavy atom. The van der Waals surface area contributed by atoms with Gasteiger partial charge in [0, 0.05) is 44.3 Å². The molecule has 1 N–H and O–H groups in total. The number of anilines is 1. The number of amides is 4. The SMILES string of the molecule is COc1ccc(CN2C(=O)NC3CC(C(=O)N4CCN(c5ccccn5)CC4)CCC3C2=O)cc1. The zero-order chi connectivity index (χ0) is 24.4. The van der Waals surface area contributed by atoms with Gasteiger partial charge in [-0.05, 0) is 49.1 Å². The maximum Gasteiger partial charge on any atom is 0.324 e. The summed E-state index contributed by atoms with van der Waals surface area (Å²) in [6.45, 7) is 3.02. The molecule has 1 saturated carbocycles. The van der Waals surface area contributed by atoms with E-state index in [4.69, 9.17) is 4.74 Å². The van der Waals surface area contributed by atoms with Crippen LogP contribution in [0.2, 0.25) is 0 Å². The van der Waals surface area contributed by atoms with Gasteiger partial charge in [0.2, 0.25) is 11.8 Å². The van der Waals surface area contributed by atoms with E-state index in [1.54, 1.807) is 13.3 Å². The van der Waals surface area contributed by atoms with Crippen molar-refractivity contribution in [1.82, 2.24) is 20.1 Å². The number of fused-ring (bicyclic) bond motifs is 1. The standard InChI is InChI=1S/C26H31N5O4/c1-35-20-8-5-18(6-9-20)17-31-25(33)21-10-7-19(16-22(21)28-26(31)34)24(32)30-14-12-29(13-15-30)23-4-2-3-11-27-23/h2-6,8-9,11,19,21-22H,7,10,12-17H2,1H3,(H,28,34). The molecule has 3 atom stereocenters. The second-order valence-electron chi connectivity index (χ2n) is 9.45. The molecule has 2 saturated heterocycles. The first kappa shape index (κ1) is 23.1. The van der Waals surface area contributed by atoms with Crippen molar-refractivity contribution in [1.29, 1.82) is 0 Å². The number of piperazine rings is 1. The smallest absolute Gasteiger partial charge is 0.324 e.